The number of anilines is 1. The van der Waals surface area contributed by atoms with Gasteiger partial charge in [0.15, 0.2) is 0 Å². The number of likely N-dealkylation sites (N-methyl/N-ethyl adjacent to an activating group) is 1. The Morgan fingerprint density at radius 1 is 1.06 bits per heavy atom. The van der Waals surface area contributed by atoms with E-state index in [1.807, 2.05) is 30.3 Å². The first kappa shape index (κ1) is 27.0. The predicted octanol–water partition coefficient (Wildman–Crippen LogP) is 3.75. The fourth-order valence-corrected chi connectivity index (χ4v) is 4.84. The zero-order valence-corrected chi connectivity index (χ0v) is 21.3. The number of sulfonamides is 1. The van der Waals surface area contributed by atoms with E-state index in [2.05, 4.69) is 5.32 Å². The van der Waals surface area contributed by atoms with Crippen LogP contribution in [0, 0.1) is 0 Å². The van der Waals surface area contributed by atoms with Gasteiger partial charge >= 0.3 is 0 Å². The molecule has 1 unspecified atom stereocenters. The maximum atomic E-state index is 13.0. The fraction of sp³-hybridized carbons (Fsp3) is 0.391. The van der Waals surface area contributed by atoms with Crippen LogP contribution in [0.1, 0.15) is 25.3 Å². The van der Waals surface area contributed by atoms with Crippen LogP contribution in [0.25, 0.3) is 0 Å². The van der Waals surface area contributed by atoms with E-state index in [0.717, 1.165) is 16.1 Å². The Kier molecular flexibility index (Phi) is 10.0. The molecule has 7 nitrogen and oxygen atoms in total. The van der Waals surface area contributed by atoms with E-state index in [1.54, 1.807) is 13.0 Å². The van der Waals surface area contributed by atoms with Gasteiger partial charge in [-0.05, 0) is 43.5 Å². The number of rotatable bonds is 11. The van der Waals surface area contributed by atoms with Crippen LogP contribution in [0.5, 0.6) is 0 Å². The molecule has 1 N–H and O–H groups in total. The van der Waals surface area contributed by atoms with E-state index < -0.39 is 16.1 Å². The molecule has 33 heavy (non-hydrogen) atoms. The average molecular weight is 514 g/mol. The first-order chi connectivity index (χ1) is 15.5. The average Bonchev–Trinajstić information content (AvgIpc) is 2.77. The SMILES string of the molecule is CNC(=O)C(C)N(CCc1ccccc1)C(=O)CCCN(c1cc(Cl)ccc1Cl)S(C)(=O)=O. The summed E-state index contributed by atoms with van der Waals surface area (Å²) in [5, 5.41) is 3.17. The predicted molar refractivity (Wildman–Crippen MR) is 133 cm³/mol. The molecule has 2 rings (SSSR count). The van der Waals surface area contributed by atoms with Gasteiger partial charge in [0.25, 0.3) is 0 Å². The van der Waals surface area contributed by atoms with Crippen LogP contribution in [0.4, 0.5) is 5.69 Å². The maximum Gasteiger partial charge on any atom is 0.242 e. The lowest BCUT2D eigenvalue weighted by molar-refractivity contribution is -0.139. The van der Waals surface area contributed by atoms with Crippen LogP contribution in [-0.4, -0.2) is 57.6 Å². The smallest absolute Gasteiger partial charge is 0.242 e. The third kappa shape index (κ3) is 7.91. The van der Waals surface area contributed by atoms with Crippen LogP contribution < -0.4 is 9.62 Å². The highest BCUT2D eigenvalue weighted by Crippen LogP contribution is 2.31. The molecule has 0 aliphatic carbocycles. The molecule has 1 atom stereocenters. The highest BCUT2D eigenvalue weighted by Gasteiger charge is 2.26. The number of carbonyl (C=O) groups excluding carboxylic acids is 2. The number of nitrogens with zero attached hydrogens (tertiary/aromatic N) is 2. The van der Waals surface area contributed by atoms with E-state index in [0.29, 0.717) is 18.0 Å². The minimum atomic E-state index is -3.65. The number of hydrogen-bond donors (Lipinski definition) is 1. The van der Waals surface area contributed by atoms with Crippen molar-refractivity contribution in [3.8, 4) is 0 Å². The molecule has 0 aliphatic rings. The lowest BCUT2D eigenvalue weighted by Gasteiger charge is -2.29. The molecule has 0 saturated carbocycles. The fourth-order valence-electron chi connectivity index (χ4n) is 3.44. The van der Waals surface area contributed by atoms with Crippen LogP contribution in [0.3, 0.4) is 0 Å². The molecule has 0 spiro atoms. The molecule has 2 amide bonds. The van der Waals surface area contributed by atoms with Crippen molar-refractivity contribution in [2.24, 2.45) is 0 Å². The summed E-state index contributed by atoms with van der Waals surface area (Å²) in [5.41, 5.74) is 1.32. The molecule has 0 bridgehead atoms. The molecule has 2 aromatic rings. The van der Waals surface area contributed by atoms with Crippen molar-refractivity contribution in [1.82, 2.24) is 10.2 Å². The number of carbonyl (C=O) groups is 2. The van der Waals surface area contributed by atoms with Crippen LogP contribution in [0.15, 0.2) is 48.5 Å². The highest BCUT2D eigenvalue weighted by atomic mass is 35.5. The Morgan fingerprint density at radius 2 is 1.73 bits per heavy atom. The molecule has 2 aromatic carbocycles. The zero-order valence-electron chi connectivity index (χ0n) is 18.9. The van der Waals surface area contributed by atoms with Gasteiger partial charge in [0.05, 0.1) is 17.0 Å². The molecule has 0 aromatic heterocycles. The molecule has 0 fully saturated rings. The molecule has 10 heteroatoms. The van der Waals surface area contributed by atoms with Gasteiger partial charge in [0, 0.05) is 31.6 Å². The lowest BCUT2D eigenvalue weighted by atomic mass is 10.1. The second kappa shape index (κ2) is 12.3. The normalized spacial score (nSPS) is 12.2. The minimum Gasteiger partial charge on any atom is -0.357 e. The Labute approximate surface area is 205 Å². The summed E-state index contributed by atoms with van der Waals surface area (Å²) in [7, 11) is -2.13. The van der Waals surface area contributed by atoms with Crippen molar-refractivity contribution in [2.45, 2.75) is 32.2 Å². The van der Waals surface area contributed by atoms with Crippen LogP contribution >= 0.6 is 23.2 Å². The summed E-state index contributed by atoms with van der Waals surface area (Å²) in [4.78, 5) is 26.8. The third-order valence-corrected chi connectivity index (χ3v) is 6.96. The van der Waals surface area contributed by atoms with E-state index in [9.17, 15) is 18.0 Å². The summed E-state index contributed by atoms with van der Waals surface area (Å²) < 4.78 is 25.9. The molecule has 0 radical (unpaired) electrons. The van der Waals surface area contributed by atoms with Gasteiger partial charge in [0.2, 0.25) is 21.8 Å². The summed E-state index contributed by atoms with van der Waals surface area (Å²) in [6, 6.07) is 13.6. The molecule has 0 heterocycles. The van der Waals surface area contributed by atoms with Crippen molar-refractivity contribution in [3.05, 3.63) is 64.1 Å². The van der Waals surface area contributed by atoms with E-state index in [4.69, 9.17) is 23.2 Å². The molecule has 0 aliphatic heterocycles. The summed E-state index contributed by atoms with van der Waals surface area (Å²) in [6.45, 7) is 2.09. The van der Waals surface area contributed by atoms with Gasteiger partial charge in [-0.2, -0.15) is 0 Å². The Hall–Kier alpha value is -2.29. The first-order valence-electron chi connectivity index (χ1n) is 10.5. The number of benzene rings is 2. The topological polar surface area (TPSA) is 86.8 Å². The maximum absolute atomic E-state index is 13.0. The Bertz CT molecular complexity index is 1060. The summed E-state index contributed by atoms with van der Waals surface area (Å²) >= 11 is 12.2. The zero-order chi connectivity index (χ0) is 24.6. The van der Waals surface area contributed by atoms with E-state index in [1.165, 1.54) is 24.1 Å². The number of amides is 2. The van der Waals surface area contributed by atoms with Gasteiger partial charge in [-0.1, -0.05) is 53.5 Å². The van der Waals surface area contributed by atoms with Crippen molar-refractivity contribution >= 4 is 50.7 Å². The third-order valence-electron chi connectivity index (χ3n) is 5.23. The van der Waals surface area contributed by atoms with Crippen molar-refractivity contribution < 1.29 is 18.0 Å². The largest absolute Gasteiger partial charge is 0.357 e. The van der Waals surface area contributed by atoms with Gasteiger partial charge in [-0.15, -0.1) is 0 Å². The monoisotopic (exact) mass is 513 g/mol. The second-order valence-corrected chi connectivity index (χ2v) is 10.4. The number of nitrogens with one attached hydrogen (secondary N) is 1. The van der Waals surface area contributed by atoms with E-state index in [-0.39, 0.29) is 41.9 Å². The second-order valence-electron chi connectivity index (χ2n) is 7.65. The van der Waals surface area contributed by atoms with Crippen molar-refractivity contribution in [3.63, 3.8) is 0 Å². The number of halogens is 2. The lowest BCUT2D eigenvalue weighted by Crippen LogP contribution is -2.48. The van der Waals surface area contributed by atoms with E-state index >= 15 is 0 Å². The summed E-state index contributed by atoms with van der Waals surface area (Å²) in [6.07, 6.45) is 1.99. The molecule has 0 saturated heterocycles. The van der Waals surface area contributed by atoms with Crippen molar-refractivity contribution in [2.75, 3.05) is 30.7 Å². The summed E-state index contributed by atoms with van der Waals surface area (Å²) in [5.74, 6) is -0.493. The molecular formula is C23H29Cl2N3O4S. The quantitative estimate of drug-likeness (QED) is 0.495. The van der Waals surface area contributed by atoms with Crippen molar-refractivity contribution in [1.29, 1.82) is 0 Å². The van der Waals surface area contributed by atoms with Gasteiger partial charge in [0.1, 0.15) is 6.04 Å². The van der Waals surface area contributed by atoms with Gasteiger partial charge in [-0.3, -0.25) is 13.9 Å². The Morgan fingerprint density at radius 3 is 2.33 bits per heavy atom. The number of hydrogen-bond acceptors (Lipinski definition) is 4. The highest BCUT2D eigenvalue weighted by molar-refractivity contribution is 7.92. The Balaban J connectivity index is 2.11. The first-order valence-corrected chi connectivity index (χ1v) is 13.1. The standard InChI is InChI=1S/C23H29Cl2N3O4S/c1-17(23(30)26-2)27(15-13-18-8-5-4-6-9-18)22(29)10-7-14-28(33(3,31)32)21-16-19(24)11-12-20(21)25/h4-6,8-9,11-12,16-17H,7,10,13-15H2,1-3H3,(H,26,30). The van der Waals surface area contributed by atoms with Gasteiger partial charge < -0.3 is 10.2 Å². The molecule has 180 valence electrons. The van der Waals surface area contributed by atoms with Crippen LogP contribution in [0.2, 0.25) is 10.0 Å². The molecular weight excluding hydrogens is 485 g/mol. The van der Waals surface area contributed by atoms with Crippen LogP contribution in [-0.2, 0) is 26.0 Å². The van der Waals surface area contributed by atoms with Gasteiger partial charge in [-0.25, -0.2) is 8.42 Å². The minimum absolute atomic E-state index is 0.0471.